The third-order valence-corrected chi connectivity index (χ3v) is 13.8. The zero-order chi connectivity index (χ0) is 55.0. The van der Waals surface area contributed by atoms with Gasteiger partial charge in [-0.3, -0.25) is 14.2 Å². The quantitative estimate of drug-likeness (QED) is 0.0161. The standard InChI is InChI=1S/C65H113N2O7P/c1-7-10-13-16-19-22-25-28-30-32-33-35-36-39-42-45-48-51-54-57-64(68)66-62(61-73-75(70,71)72-60-59-67(4,5)6)63(56-53-50-47-44-41-38-27-24-21-18-15-12-9-3)74-65(69)58-55-52-49-46-43-40-37-34-31-29-26-23-20-17-14-11-8-2/h11,14,17,19-20,22-23,26,28-31,34,37,40,43,53,56,62-63H,7-10,12-13,15-16,18,21,24-25,27,32-33,35-36,38-39,41-42,44-52,54-55,57-61H2,1-6H3,(H-,66,68,70,71)/b14-11-,20-17+,22-19-,26-23+,30-28-,31-29-,37-34+,43-40+,56-53+. The third kappa shape index (κ3) is 55.2. The lowest BCUT2D eigenvalue weighted by molar-refractivity contribution is -0.870. The predicted octanol–water partition coefficient (Wildman–Crippen LogP) is 17.9. The van der Waals surface area contributed by atoms with E-state index >= 15 is 0 Å². The van der Waals surface area contributed by atoms with Crippen molar-refractivity contribution in [2.75, 3.05) is 40.9 Å². The molecule has 3 unspecified atom stereocenters. The van der Waals surface area contributed by atoms with Gasteiger partial charge in [0.05, 0.1) is 33.8 Å². The topological polar surface area (TPSA) is 114 Å². The summed E-state index contributed by atoms with van der Waals surface area (Å²) in [6.07, 6.45) is 73.3. The summed E-state index contributed by atoms with van der Waals surface area (Å²) < 4.78 is 30.3. The molecule has 0 aromatic heterocycles. The minimum atomic E-state index is -4.72. The largest absolute Gasteiger partial charge is 0.756 e. The van der Waals surface area contributed by atoms with Crippen molar-refractivity contribution in [3.63, 3.8) is 0 Å². The summed E-state index contributed by atoms with van der Waals surface area (Å²) in [5.74, 6) is -0.602. The van der Waals surface area contributed by atoms with Crippen molar-refractivity contribution >= 4 is 19.7 Å². The minimum absolute atomic E-state index is 0.0363. The molecule has 0 rings (SSSR count). The molecule has 3 atom stereocenters. The summed E-state index contributed by atoms with van der Waals surface area (Å²) in [4.78, 5) is 40.0. The fraction of sp³-hybridized carbons (Fsp3) is 0.692. The van der Waals surface area contributed by atoms with Crippen molar-refractivity contribution in [2.24, 2.45) is 0 Å². The second-order valence-electron chi connectivity index (χ2n) is 21.3. The summed E-state index contributed by atoms with van der Waals surface area (Å²) in [6, 6.07) is -0.916. The Labute approximate surface area is 461 Å². The maximum absolute atomic E-state index is 13.5. The number of carbonyl (C=O) groups excluding carboxylic acids is 2. The first-order valence-electron chi connectivity index (χ1n) is 30.3. The first-order valence-corrected chi connectivity index (χ1v) is 31.7. The number of ether oxygens (including phenoxy) is 1. The van der Waals surface area contributed by atoms with Crippen LogP contribution in [0.25, 0.3) is 0 Å². The Hall–Kier alpha value is -3.33. The van der Waals surface area contributed by atoms with Crippen LogP contribution in [-0.4, -0.2) is 69.4 Å². The molecular weight excluding hydrogens is 952 g/mol. The van der Waals surface area contributed by atoms with Crippen LogP contribution in [0.1, 0.15) is 239 Å². The molecule has 0 aliphatic rings. The number of nitrogens with one attached hydrogen (secondary N) is 1. The van der Waals surface area contributed by atoms with Gasteiger partial charge in [-0.2, -0.15) is 0 Å². The van der Waals surface area contributed by atoms with E-state index < -0.39 is 26.6 Å². The Bertz CT molecular complexity index is 1650. The molecule has 0 bridgehead atoms. The van der Waals surface area contributed by atoms with E-state index in [4.69, 9.17) is 13.8 Å². The number of hydrogen-bond donors (Lipinski definition) is 1. The Morgan fingerprint density at radius 2 is 0.907 bits per heavy atom. The van der Waals surface area contributed by atoms with Gasteiger partial charge in [0.15, 0.2) is 0 Å². The number of unbranched alkanes of at least 4 members (excludes halogenated alkanes) is 26. The molecule has 0 saturated carbocycles. The molecule has 0 aromatic carbocycles. The lowest BCUT2D eigenvalue weighted by Crippen LogP contribution is -2.47. The highest BCUT2D eigenvalue weighted by Gasteiger charge is 2.27. The molecule has 1 amide bonds. The summed E-state index contributed by atoms with van der Waals surface area (Å²) in [6.45, 7) is 6.63. The second-order valence-corrected chi connectivity index (χ2v) is 22.7. The molecular formula is C65H113N2O7P. The average Bonchev–Trinajstić information content (AvgIpc) is 3.37. The number of carbonyl (C=O) groups is 2. The van der Waals surface area contributed by atoms with E-state index in [2.05, 4.69) is 62.5 Å². The predicted molar refractivity (Wildman–Crippen MR) is 320 cm³/mol. The van der Waals surface area contributed by atoms with E-state index in [1.165, 1.54) is 116 Å². The van der Waals surface area contributed by atoms with Crippen molar-refractivity contribution in [3.05, 3.63) is 109 Å². The maximum atomic E-state index is 13.5. The Kier molecular flexibility index (Phi) is 51.6. The Morgan fingerprint density at radius 3 is 1.43 bits per heavy atom. The molecule has 0 spiro atoms. The van der Waals surface area contributed by atoms with Gasteiger partial charge in [-0.15, -0.1) is 0 Å². The van der Waals surface area contributed by atoms with Crippen LogP contribution < -0.4 is 10.2 Å². The summed E-state index contributed by atoms with van der Waals surface area (Å²) >= 11 is 0. The van der Waals surface area contributed by atoms with Gasteiger partial charge in [-0.1, -0.05) is 252 Å². The van der Waals surface area contributed by atoms with Crippen LogP contribution in [0.15, 0.2) is 109 Å². The number of likely N-dealkylation sites (N-methyl/N-ethyl adjacent to an activating group) is 1. The zero-order valence-corrected chi connectivity index (χ0v) is 49.9. The molecule has 0 fully saturated rings. The zero-order valence-electron chi connectivity index (χ0n) is 49.0. The van der Waals surface area contributed by atoms with Gasteiger partial charge in [0, 0.05) is 12.8 Å². The number of quaternary nitrogens is 1. The fourth-order valence-corrected chi connectivity index (χ4v) is 8.89. The number of allylic oxidation sites excluding steroid dienone is 17. The summed E-state index contributed by atoms with van der Waals surface area (Å²) in [5.41, 5.74) is 0. The number of amides is 1. The van der Waals surface area contributed by atoms with Crippen molar-refractivity contribution in [3.8, 4) is 0 Å². The van der Waals surface area contributed by atoms with Crippen molar-refractivity contribution in [1.82, 2.24) is 5.32 Å². The van der Waals surface area contributed by atoms with Gasteiger partial charge in [0.2, 0.25) is 5.91 Å². The molecule has 0 saturated heterocycles. The third-order valence-electron chi connectivity index (χ3n) is 12.8. The number of phosphoric acid groups is 1. The number of nitrogens with zero attached hydrogens (tertiary/aromatic N) is 1. The van der Waals surface area contributed by atoms with Gasteiger partial charge in [-0.05, 0) is 83.1 Å². The minimum Gasteiger partial charge on any atom is -0.756 e. The molecule has 75 heavy (non-hydrogen) atoms. The Balaban J connectivity index is 5.41. The lowest BCUT2D eigenvalue weighted by atomic mass is 10.0. The van der Waals surface area contributed by atoms with E-state index in [-0.39, 0.29) is 24.9 Å². The number of esters is 1. The average molecular weight is 1070 g/mol. The van der Waals surface area contributed by atoms with Crippen LogP contribution in [0.4, 0.5) is 0 Å². The highest BCUT2D eigenvalue weighted by atomic mass is 31.2. The second kappa shape index (κ2) is 54.0. The van der Waals surface area contributed by atoms with Gasteiger partial charge in [-0.25, -0.2) is 0 Å². The highest BCUT2D eigenvalue weighted by molar-refractivity contribution is 7.45. The van der Waals surface area contributed by atoms with Gasteiger partial charge < -0.3 is 28.5 Å². The fourth-order valence-electron chi connectivity index (χ4n) is 8.17. The maximum Gasteiger partial charge on any atom is 0.306 e. The van der Waals surface area contributed by atoms with Crippen LogP contribution >= 0.6 is 7.82 Å². The van der Waals surface area contributed by atoms with Crippen LogP contribution in [0.5, 0.6) is 0 Å². The van der Waals surface area contributed by atoms with Crippen LogP contribution in [-0.2, 0) is 27.9 Å². The van der Waals surface area contributed by atoms with E-state index in [0.717, 1.165) is 83.5 Å². The van der Waals surface area contributed by atoms with Crippen molar-refractivity contribution < 1.29 is 37.3 Å². The van der Waals surface area contributed by atoms with E-state index in [0.29, 0.717) is 23.9 Å². The van der Waals surface area contributed by atoms with Crippen LogP contribution in [0.3, 0.4) is 0 Å². The van der Waals surface area contributed by atoms with Gasteiger partial charge in [0.1, 0.15) is 19.3 Å². The normalized spacial score (nSPS) is 14.5. The lowest BCUT2D eigenvalue weighted by Gasteiger charge is -2.30. The van der Waals surface area contributed by atoms with Gasteiger partial charge in [0.25, 0.3) is 7.82 Å². The van der Waals surface area contributed by atoms with Crippen LogP contribution in [0.2, 0.25) is 0 Å². The van der Waals surface area contributed by atoms with Crippen molar-refractivity contribution in [2.45, 2.75) is 251 Å². The highest BCUT2D eigenvalue weighted by Crippen LogP contribution is 2.38. The first-order chi connectivity index (χ1) is 36.4. The van der Waals surface area contributed by atoms with Crippen LogP contribution in [0, 0.1) is 0 Å². The van der Waals surface area contributed by atoms with Gasteiger partial charge >= 0.3 is 5.97 Å². The monoisotopic (exact) mass is 1060 g/mol. The number of hydrogen-bond acceptors (Lipinski definition) is 7. The summed E-state index contributed by atoms with van der Waals surface area (Å²) in [7, 11) is 1.14. The van der Waals surface area contributed by atoms with Crippen molar-refractivity contribution in [1.29, 1.82) is 0 Å². The smallest absolute Gasteiger partial charge is 0.306 e. The SMILES string of the molecule is CC\C=C/C=C/C=C/C=C\C=C\C=C\CCCCCC(=O)OC(/C=C/CCCCCCCCCCCCC)C(COP(=O)([O-])OCC[N+](C)(C)C)NC(=O)CCCCCCCCCCC/C=C\C/C=C\CCCCC. The van der Waals surface area contributed by atoms with E-state index in [9.17, 15) is 19.0 Å². The molecule has 0 aliphatic carbocycles. The summed E-state index contributed by atoms with van der Waals surface area (Å²) in [5, 5.41) is 3.01. The molecule has 0 heterocycles. The number of rotatable bonds is 53. The number of phosphoric ester groups is 1. The first kappa shape index (κ1) is 71.7. The molecule has 0 radical (unpaired) electrons. The molecule has 430 valence electrons. The molecule has 1 N–H and O–H groups in total. The molecule has 9 nitrogen and oxygen atoms in total. The van der Waals surface area contributed by atoms with E-state index in [1.807, 2.05) is 94.1 Å². The molecule has 10 heteroatoms. The Morgan fingerprint density at radius 1 is 0.493 bits per heavy atom. The molecule has 0 aromatic rings. The van der Waals surface area contributed by atoms with E-state index in [1.54, 1.807) is 0 Å². The molecule has 0 aliphatic heterocycles.